The molecule has 3 atom stereocenters. The number of nitrogens with one attached hydrogen (secondary N) is 2. The number of para-hydroxylation sites is 1. The highest BCUT2D eigenvalue weighted by Gasteiger charge is 2.41. The highest BCUT2D eigenvalue weighted by Crippen LogP contribution is 2.40. The molecule has 13 nitrogen and oxygen atoms in total. The molecule has 5 N–H and O–H groups in total. The minimum Gasteiger partial charge on any atom is -0.507 e. The van der Waals surface area contributed by atoms with Crippen LogP contribution in [0.1, 0.15) is 50.5 Å². The Kier molecular flexibility index (Phi) is 10.1. The number of nitrogen functional groups attached to an aromatic ring is 1. The lowest BCUT2D eigenvalue weighted by molar-refractivity contribution is -0.134. The summed E-state index contributed by atoms with van der Waals surface area (Å²) in [6.07, 6.45) is 4.86. The SMILES string of the molecule is Nc1nnc(-c2ccccc2O)cc1N1C[C@H]2CC[C@@H](C1)N2c1cc(F)cc(OC2CCN(C(=O)CCc3ccc(NC4CCC(=O)NC4=O)cc3)CC2)c1. The van der Waals surface area contributed by atoms with Crippen molar-refractivity contribution in [2.24, 2.45) is 0 Å². The van der Waals surface area contributed by atoms with E-state index in [4.69, 9.17) is 10.5 Å². The molecule has 1 aromatic heterocycles. The second kappa shape index (κ2) is 15.4. The fourth-order valence-electron chi connectivity index (χ4n) is 8.38. The highest BCUT2D eigenvalue weighted by atomic mass is 19.1. The maximum absolute atomic E-state index is 15.1. The van der Waals surface area contributed by atoms with Gasteiger partial charge in [-0.1, -0.05) is 24.3 Å². The topological polar surface area (TPSA) is 166 Å². The van der Waals surface area contributed by atoms with Gasteiger partial charge in [-0.3, -0.25) is 19.7 Å². The molecule has 14 heteroatoms. The number of phenolic OH excluding ortho intramolecular Hbond substituents is 1. The fourth-order valence-corrected chi connectivity index (χ4v) is 8.38. The number of benzene rings is 3. The van der Waals surface area contributed by atoms with Crippen LogP contribution in [-0.2, 0) is 20.8 Å². The maximum Gasteiger partial charge on any atom is 0.249 e. The first-order chi connectivity index (χ1) is 26.7. The molecule has 0 aliphatic carbocycles. The van der Waals surface area contributed by atoms with Crippen LogP contribution in [0.15, 0.2) is 72.8 Å². The Balaban J connectivity index is 0.833. The van der Waals surface area contributed by atoms with E-state index in [2.05, 4.69) is 30.6 Å². The molecule has 0 saturated carbocycles. The number of halogens is 1. The molecule has 0 spiro atoms. The van der Waals surface area contributed by atoms with Gasteiger partial charge in [0.15, 0.2) is 5.82 Å². The number of ether oxygens (including phenoxy) is 1. The van der Waals surface area contributed by atoms with Crippen molar-refractivity contribution >= 4 is 40.6 Å². The summed E-state index contributed by atoms with van der Waals surface area (Å²) >= 11 is 0. The molecule has 2 bridgehead atoms. The van der Waals surface area contributed by atoms with Crippen molar-refractivity contribution in [1.82, 2.24) is 20.4 Å². The third-order valence-corrected chi connectivity index (χ3v) is 11.2. The molecule has 4 fully saturated rings. The number of nitrogens with two attached hydrogens (primary N) is 1. The van der Waals surface area contributed by atoms with E-state index in [1.807, 2.05) is 47.4 Å². The van der Waals surface area contributed by atoms with E-state index in [0.29, 0.717) is 87.5 Å². The molecule has 55 heavy (non-hydrogen) atoms. The molecule has 3 amide bonds. The number of amides is 3. The number of piperidine rings is 2. The summed E-state index contributed by atoms with van der Waals surface area (Å²) in [5.41, 5.74) is 10.8. The quantitative estimate of drug-likeness (QED) is 0.167. The van der Waals surface area contributed by atoms with Gasteiger partial charge < -0.3 is 35.6 Å². The van der Waals surface area contributed by atoms with Crippen LogP contribution in [0.25, 0.3) is 11.3 Å². The zero-order valence-corrected chi connectivity index (χ0v) is 30.5. The standard InChI is InChI=1S/C41H45FN8O5/c42-26-19-30(50-28-10-11-29(50)24-49(23-28)36-22-35(46-47-40(36)43)33-3-1-2-4-37(33)51)21-32(20-26)55-31-15-17-48(18-16-31)39(53)14-7-25-5-8-27(9-6-25)44-34-12-13-38(52)45-41(34)54/h1-6,8-9,19-22,28-29,31,34,44,51H,7,10-18,23-24H2,(H2,43,47)(H,45,52,54)/t28-,29+,34?. The first-order valence-electron chi connectivity index (χ1n) is 19.1. The molecule has 3 aromatic carbocycles. The average Bonchev–Trinajstić information content (AvgIpc) is 3.45. The summed E-state index contributed by atoms with van der Waals surface area (Å²) in [6, 6.07) is 21.3. The Bertz CT molecular complexity index is 2060. The number of fused-ring (bicyclic) bond motifs is 2. The van der Waals surface area contributed by atoms with E-state index in [9.17, 15) is 19.5 Å². The van der Waals surface area contributed by atoms with Gasteiger partial charge in [0.1, 0.15) is 29.5 Å². The van der Waals surface area contributed by atoms with Crippen LogP contribution < -0.4 is 30.9 Å². The molecule has 4 aromatic rings. The molecule has 286 valence electrons. The molecular formula is C41H45FN8O5. The summed E-state index contributed by atoms with van der Waals surface area (Å²) in [5.74, 6) is 0.124. The van der Waals surface area contributed by atoms with Crippen LogP contribution in [-0.4, -0.2) is 88.3 Å². The molecular weight excluding hydrogens is 704 g/mol. The number of aromatic nitrogens is 2. The number of rotatable bonds is 10. The molecule has 1 unspecified atom stereocenters. The molecule has 8 rings (SSSR count). The van der Waals surface area contributed by atoms with Crippen LogP contribution in [0.2, 0.25) is 0 Å². The van der Waals surface area contributed by atoms with Crippen LogP contribution >= 0.6 is 0 Å². The number of carbonyl (C=O) groups excluding carboxylic acids is 3. The predicted molar refractivity (Wildman–Crippen MR) is 206 cm³/mol. The van der Waals surface area contributed by atoms with Crippen molar-refractivity contribution in [1.29, 1.82) is 0 Å². The van der Waals surface area contributed by atoms with Gasteiger partial charge in [-0.25, -0.2) is 4.39 Å². The van der Waals surface area contributed by atoms with E-state index >= 15 is 4.39 Å². The summed E-state index contributed by atoms with van der Waals surface area (Å²) in [4.78, 5) is 43.0. The Morgan fingerprint density at radius 1 is 0.945 bits per heavy atom. The lowest BCUT2D eigenvalue weighted by Crippen LogP contribution is -2.54. The Labute approximate surface area is 318 Å². The first kappa shape index (κ1) is 36.1. The fraction of sp³-hybridized carbons (Fsp3) is 0.390. The van der Waals surface area contributed by atoms with Crippen molar-refractivity contribution in [2.75, 3.05) is 47.0 Å². The monoisotopic (exact) mass is 748 g/mol. The second-order valence-electron chi connectivity index (χ2n) is 14.9. The van der Waals surface area contributed by atoms with Crippen molar-refractivity contribution in [3.63, 3.8) is 0 Å². The number of imide groups is 1. The zero-order valence-electron chi connectivity index (χ0n) is 30.5. The first-order valence-corrected chi connectivity index (χ1v) is 19.1. The number of aryl methyl sites for hydroxylation is 1. The Morgan fingerprint density at radius 2 is 1.69 bits per heavy atom. The molecule has 4 saturated heterocycles. The summed E-state index contributed by atoms with van der Waals surface area (Å²) in [5, 5.41) is 24.4. The number of phenols is 1. The van der Waals surface area contributed by atoms with Crippen molar-refractivity contribution < 1.29 is 28.6 Å². The lowest BCUT2D eigenvalue weighted by atomic mass is 10.0. The van der Waals surface area contributed by atoms with E-state index in [0.717, 1.165) is 35.5 Å². The molecule has 4 aliphatic rings. The molecule has 4 aliphatic heterocycles. The highest BCUT2D eigenvalue weighted by molar-refractivity contribution is 6.01. The van der Waals surface area contributed by atoms with E-state index < -0.39 is 6.04 Å². The third kappa shape index (κ3) is 7.98. The number of likely N-dealkylation sites (tertiary alicyclic amines) is 1. The Hall–Kier alpha value is -5.92. The van der Waals surface area contributed by atoms with Crippen molar-refractivity contribution in [3.8, 4) is 22.8 Å². The van der Waals surface area contributed by atoms with Gasteiger partial charge in [0, 0.05) is 93.0 Å². The zero-order chi connectivity index (χ0) is 38.1. The van der Waals surface area contributed by atoms with Gasteiger partial charge in [0.05, 0.1) is 11.4 Å². The summed E-state index contributed by atoms with van der Waals surface area (Å²) in [6.45, 7) is 2.51. The lowest BCUT2D eigenvalue weighted by Gasteiger charge is -2.43. The average molecular weight is 749 g/mol. The van der Waals surface area contributed by atoms with Gasteiger partial charge in [-0.2, -0.15) is 0 Å². The van der Waals surface area contributed by atoms with Crippen LogP contribution in [0.4, 0.5) is 27.3 Å². The minimum atomic E-state index is -0.442. The van der Waals surface area contributed by atoms with Crippen molar-refractivity contribution in [2.45, 2.75) is 75.6 Å². The van der Waals surface area contributed by atoms with Gasteiger partial charge in [-0.05, 0) is 67.6 Å². The van der Waals surface area contributed by atoms with Crippen LogP contribution in [0.3, 0.4) is 0 Å². The number of aromatic hydroxyl groups is 1. The third-order valence-electron chi connectivity index (χ3n) is 11.2. The number of hydrogen-bond donors (Lipinski definition) is 4. The van der Waals surface area contributed by atoms with E-state index in [1.54, 1.807) is 24.3 Å². The van der Waals surface area contributed by atoms with Crippen LogP contribution in [0.5, 0.6) is 11.5 Å². The van der Waals surface area contributed by atoms with Gasteiger partial charge >= 0.3 is 0 Å². The summed E-state index contributed by atoms with van der Waals surface area (Å²) in [7, 11) is 0. The number of carbonyl (C=O) groups is 3. The van der Waals surface area contributed by atoms with Gasteiger partial charge in [-0.15, -0.1) is 10.2 Å². The van der Waals surface area contributed by atoms with Gasteiger partial charge in [0.2, 0.25) is 17.7 Å². The number of nitrogens with zero attached hydrogens (tertiary/aromatic N) is 5. The Morgan fingerprint density at radius 3 is 2.42 bits per heavy atom. The minimum absolute atomic E-state index is 0.0885. The smallest absolute Gasteiger partial charge is 0.249 e. The predicted octanol–water partition coefficient (Wildman–Crippen LogP) is 4.65. The maximum atomic E-state index is 15.1. The van der Waals surface area contributed by atoms with E-state index in [1.165, 1.54) is 6.07 Å². The normalized spacial score (nSPS) is 21.4. The number of anilines is 4. The molecule has 5 heterocycles. The molecule has 0 radical (unpaired) electrons. The van der Waals surface area contributed by atoms with Crippen LogP contribution in [0, 0.1) is 5.82 Å². The second-order valence-corrected chi connectivity index (χ2v) is 14.9. The van der Waals surface area contributed by atoms with E-state index in [-0.39, 0.29) is 47.5 Å². The summed E-state index contributed by atoms with van der Waals surface area (Å²) < 4.78 is 21.5. The van der Waals surface area contributed by atoms with Crippen molar-refractivity contribution in [3.05, 3.63) is 84.2 Å². The van der Waals surface area contributed by atoms with Gasteiger partial charge in [0.25, 0.3) is 0 Å². The largest absolute Gasteiger partial charge is 0.507 e. The number of hydrogen-bond acceptors (Lipinski definition) is 11. The number of piperazine rings is 1.